The Bertz CT molecular complexity index is 292. The van der Waals surface area contributed by atoms with Gasteiger partial charge in [0, 0.05) is 11.0 Å². The van der Waals surface area contributed by atoms with Crippen molar-refractivity contribution >= 4 is 21.6 Å². The van der Waals surface area contributed by atoms with E-state index in [0.717, 1.165) is 5.69 Å². The Kier molecular flexibility index (Phi) is 5.04. The average Bonchev–Trinajstić information content (AvgIpc) is 2.28. The van der Waals surface area contributed by atoms with Crippen LogP contribution in [0.4, 0.5) is 5.69 Å². The summed E-state index contributed by atoms with van der Waals surface area (Å²) in [5.74, 6) is 5.22. The third-order valence-corrected chi connectivity index (χ3v) is 2.65. The summed E-state index contributed by atoms with van der Waals surface area (Å²) in [5, 5.41) is 20.0. The van der Waals surface area contributed by atoms with Gasteiger partial charge in [0.2, 0.25) is 0 Å². The fraction of sp³-hybridized carbons (Fsp3) is 0.400. The smallest absolute Gasteiger partial charge is 0.105 e. The number of hydrogen-bond donors (Lipinski definition) is 4. The molecule has 2 unspecified atom stereocenters. The normalized spacial score (nSPS) is 14.7. The minimum atomic E-state index is -0.852. The molecule has 2 atom stereocenters. The standard InChI is InChI=1S/C10H15BrN2O2/c11-6-5-9(14)10(15)7-1-3-8(13-12)4-2-7/h1-4,9-10,13-15H,5-6,12H2. The fourth-order valence-corrected chi connectivity index (χ4v) is 1.74. The third kappa shape index (κ3) is 3.46. The number of alkyl halides is 1. The van der Waals surface area contributed by atoms with Crippen LogP contribution in [0.2, 0.25) is 0 Å². The van der Waals surface area contributed by atoms with Gasteiger partial charge in [-0.15, -0.1) is 0 Å². The Labute approximate surface area is 97.2 Å². The van der Waals surface area contributed by atoms with Crippen LogP contribution in [0.1, 0.15) is 18.1 Å². The summed E-state index contributed by atoms with van der Waals surface area (Å²) >= 11 is 3.22. The molecule has 4 nitrogen and oxygen atoms in total. The van der Waals surface area contributed by atoms with Crippen LogP contribution in [-0.2, 0) is 0 Å². The van der Waals surface area contributed by atoms with E-state index in [9.17, 15) is 10.2 Å². The van der Waals surface area contributed by atoms with E-state index in [1.807, 2.05) is 0 Å². The lowest BCUT2D eigenvalue weighted by molar-refractivity contribution is 0.0174. The van der Waals surface area contributed by atoms with E-state index in [1.54, 1.807) is 24.3 Å². The number of hydrogen-bond acceptors (Lipinski definition) is 4. The summed E-state index contributed by atoms with van der Waals surface area (Å²) in [5.41, 5.74) is 3.94. The van der Waals surface area contributed by atoms with Gasteiger partial charge in [0.15, 0.2) is 0 Å². The van der Waals surface area contributed by atoms with Crippen LogP contribution >= 0.6 is 15.9 Å². The quantitative estimate of drug-likeness (QED) is 0.369. The zero-order valence-electron chi connectivity index (χ0n) is 8.23. The molecule has 0 aliphatic heterocycles. The molecule has 0 heterocycles. The topological polar surface area (TPSA) is 78.5 Å². The van der Waals surface area contributed by atoms with Crippen LogP contribution in [0, 0.1) is 0 Å². The molecule has 1 aromatic carbocycles. The van der Waals surface area contributed by atoms with Crippen molar-refractivity contribution in [1.82, 2.24) is 0 Å². The molecule has 1 rings (SSSR count). The number of halogens is 1. The van der Waals surface area contributed by atoms with E-state index >= 15 is 0 Å². The summed E-state index contributed by atoms with van der Waals surface area (Å²) in [6.45, 7) is 0. The van der Waals surface area contributed by atoms with Crippen LogP contribution in [0.25, 0.3) is 0 Å². The minimum absolute atomic E-state index is 0.512. The maximum Gasteiger partial charge on any atom is 0.105 e. The second-order valence-corrected chi connectivity index (χ2v) is 4.05. The maximum atomic E-state index is 9.76. The zero-order valence-corrected chi connectivity index (χ0v) is 9.81. The van der Waals surface area contributed by atoms with E-state index in [2.05, 4.69) is 21.4 Å². The number of nitrogens with one attached hydrogen (secondary N) is 1. The molecule has 0 spiro atoms. The van der Waals surface area contributed by atoms with E-state index in [4.69, 9.17) is 5.84 Å². The predicted molar refractivity (Wildman–Crippen MR) is 63.6 cm³/mol. The number of aliphatic hydroxyl groups is 2. The first-order valence-corrected chi connectivity index (χ1v) is 5.80. The lowest BCUT2D eigenvalue weighted by atomic mass is 10.0. The van der Waals surface area contributed by atoms with E-state index in [-0.39, 0.29) is 0 Å². The SMILES string of the molecule is NNc1ccc(C(O)C(O)CCBr)cc1. The number of rotatable bonds is 5. The van der Waals surface area contributed by atoms with Crippen molar-refractivity contribution in [2.75, 3.05) is 10.8 Å². The summed E-state index contributed by atoms with van der Waals surface area (Å²) in [6, 6.07) is 6.97. The highest BCUT2D eigenvalue weighted by Gasteiger charge is 2.17. The molecule has 15 heavy (non-hydrogen) atoms. The van der Waals surface area contributed by atoms with Crippen LogP contribution in [0.15, 0.2) is 24.3 Å². The molecule has 0 aliphatic carbocycles. The number of nitrogens with two attached hydrogens (primary N) is 1. The zero-order chi connectivity index (χ0) is 11.3. The van der Waals surface area contributed by atoms with E-state index in [0.29, 0.717) is 17.3 Å². The lowest BCUT2D eigenvalue weighted by Crippen LogP contribution is -2.18. The Hall–Kier alpha value is -0.620. The van der Waals surface area contributed by atoms with Gasteiger partial charge >= 0.3 is 0 Å². The molecule has 0 bridgehead atoms. The van der Waals surface area contributed by atoms with Crippen molar-refractivity contribution in [3.63, 3.8) is 0 Å². The van der Waals surface area contributed by atoms with Crippen molar-refractivity contribution in [2.24, 2.45) is 5.84 Å². The summed E-state index contributed by atoms with van der Waals surface area (Å²) in [7, 11) is 0. The number of anilines is 1. The Morgan fingerprint density at radius 1 is 1.27 bits per heavy atom. The maximum absolute atomic E-state index is 9.76. The van der Waals surface area contributed by atoms with Crippen molar-refractivity contribution in [1.29, 1.82) is 0 Å². The highest BCUT2D eigenvalue weighted by Crippen LogP contribution is 2.20. The molecular formula is C10H15BrN2O2. The largest absolute Gasteiger partial charge is 0.390 e. The molecule has 5 heteroatoms. The minimum Gasteiger partial charge on any atom is -0.390 e. The first-order chi connectivity index (χ1) is 7.19. The molecule has 0 fully saturated rings. The third-order valence-electron chi connectivity index (χ3n) is 2.19. The number of benzene rings is 1. The number of nitrogen functional groups attached to an aromatic ring is 1. The van der Waals surface area contributed by atoms with Crippen LogP contribution in [0.3, 0.4) is 0 Å². The van der Waals surface area contributed by atoms with E-state index < -0.39 is 12.2 Å². The van der Waals surface area contributed by atoms with Crippen molar-refractivity contribution in [3.05, 3.63) is 29.8 Å². The molecule has 84 valence electrons. The summed E-state index contributed by atoms with van der Waals surface area (Å²) in [4.78, 5) is 0. The molecule has 0 amide bonds. The second kappa shape index (κ2) is 6.07. The molecule has 0 aromatic heterocycles. The van der Waals surface area contributed by atoms with Crippen LogP contribution < -0.4 is 11.3 Å². The highest BCUT2D eigenvalue weighted by atomic mass is 79.9. The van der Waals surface area contributed by atoms with Gasteiger partial charge in [0.25, 0.3) is 0 Å². The Morgan fingerprint density at radius 3 is 2.33 bits per heavy atom. The van der Waals surface area contributed by atoms with Gasteiger partial charge in [-0.3, -0.25) is 5.84 Å². The fourth-order valence-electron chi connectivity index (χ4n) is 1.27. The lowest BCUT2D eigenvalue weighted by Gasteiger charge is -2.17. The van der Waals surface area contributed by atoms with Gasteiger partial charge in [-0.1, -0.05) is 28.1 Å². The highest BCUT2D eigenvalue weighted by molar-refractivity contribution is 9.09. The Morgan fingerprint density at radius 2 is 1.87 bits per heavy atom. The second-order valence-electron chi connectivity index (χ2n) is 3.26. The monoisotopic (exact) mass is 274 g/mol. The molecule has 1 aromatic rings. The van der Waals surface area contributed by atoms with Gasteiger partial charge in [-0.05, 0) is 24.1 Å². The van der Waals surface area contributed by atoms with Crippen LogP contribution in [-0.4, -0.2) is 21.6 Å². The number of hydrazine groups is 1. The van der Waals surface area contributed by atoms with Gasteiger partial charge < -0.3 is 15.6 Å². The molecular weight excluding hydrogens is 260 g/mol. The molecule has 0 radical (unpaired) electrons. The average molecular weight is 275 g/mol. The Balaban J connectivity index is 2.69. The molecule has 5 N–H and O–H groups in total. The van der Waals surface area contributed by atoms with Crippen molar-refractivity contribution in [3.8, 4) is 0 Å². The summed E-state index contributed by atoms with van der Waals surface area (Å²) in [6.07, 6.45) is -1.09. The van der Waals surface area contributed by atoms with E-state index in [1.165, 1.54) is 0 Å². The first-order valence-electron chi connectivity index (χ1n) is 4.67. The van der Waals surface area contributed by atoms with Crippen LogP contribution in [0.5, 0.6) is 0 Å². The molecule has 0 saturated heterocycles. The van der Waals surface area contributed by atoms with Gasteiger partial charge in [0.1, 0.15) is 6.10 Å². The summed E-state index contributed by atoms with van der Waals surface area (Å²) < 4.78 is 0. The van der Waals surface area contributed by atoms with Crippen molar-refractivity contribution in [2.45, 2.75) is 18.6 Å². The predicted octanol–water partition coefficient (Wildman–Crippen LogP) is 1.15. The van der Waals surface area contributed by atoms with Gasteiger partial charge in [-0.2, -0.15) is 0 Å². The van der Waals surface area contributed by atoms with Gasteiger partial charge in [0.05, 0.1) is 6.10 Å². The van der Waals surface area contributed by atoms with Gasteiger partial charge in [-0.25, -0.2) is 0 Å². The number of aliphatic hydroxyl groups excluding tert-OH is 2. The molecule has 0 saturated carbocycles. The first kappa shape index (κ1) is 12.4. The van der Waals surface area contributed by atoms with Crippen molar-refractivity contribution < 1.29 is 10.2 Å². The molecule has 0 aliphatic rings.